The van der Waals surface area contributed by atoms with E-state index in [1.165, 1.54) is 18.4 Å². The van der Waals surface area contributed by atoms with Crippen molar-refractivity contribution < 1.29 is 19.0 Å². The van der Waals surface area contributed by atoms with Crippen LogP contribution in [0, 0.1) is 5.92 Å². The Balaban J connectivity index is 1.69. The first-order chi connectivity index (χ1) is 10.2. The van der Waals surface area contributed by atoms with E-state index in [9.17, 15) is 4.79 Å². The van der Waals surface area contributed by atoms with Gasteiger partial charge >= 0.3 is 0 Å². The number of fused-ring (bicyclic) bond motifs is 2. The van der Waals surface area contributed by atoms with Crippen LogP contribution in [0.1, 0.15) is 38.5 Å². The third-order valence-corrected chi connectivity index (χ3v) is 5.92. The van der Waals surface area contributed by atoms with Crippen LogP contribution in [0.5, 0.6) is 0 Å². The van der Waals surface area contributed by atoms with Crippen molar-refractivity contribution in [3.05, 3.63) is 23.3 Å². The van der Waals surface area contributed by atoms with Gasteiger partial charge in [0.15, 0.2) is 17.7 Å². The molecule has 2 bridgehead atoms. The predicted octanol–water partition coefficient (Wildman–Crippen LogP) is 2.29. The molecule has 5 aliphatic rings. The van der Waals surface area contributed by atoms with E-state index in [0.29, 0.717) is 25.6 Å². The highest BCUT2D eigenvalue weighted by molar-refractivity contribution is 6.01. The van der Waals surface area contributed by atoms with Gasteiger partial charge in [-0.3, -0.25) is 4.79 Å². The Hall–Kier alpha value is -0.970. The van der Waals surface area contributed by atoms with Gasteiger partial charge in [-0.25, -0.2) is 0 Å². The number of carbonyl (C=O) groups is 1. The number of hydrogen-bond acceptors (Lipinski definition) is 4. The molecule has 0 aromatic carbocycles. The lowest BCUT2D eigenvalue weighted by molar-refractivity contribution is -0.197. The summed E-state index contributed by atoms with van der Waals surface area (Å²) in [5.41, 5.74) is 1.19. The van der Waals surface area contributed by atoms with E-state index in [1.54, 1.807) is 0 Å². The molecule has 112 valence electrons. The van der Waals surface area contributed by atoms with Gasteiger partial charge in [-0.15, -0.1) is 0 Å². The zero-order valence-electron chi connectivity index (χ0n) is 12.1. The highest BCUT2D eigenvalue weighted by Gasteiger charge is 2.61. The maximum absolute atomic E-state index is 12.5. The van der Waals surface area contributed by atoms with Crippen LogP contribution in [0.15, 0.2) is 23.3 Å². The Labute approximate surface area is 124 Å². The van der Waals surface area contributed by atoms with Crippen LogP contribution in [0.3, 0.4) is 0 Å². The second-order valence-corrected chi connectivity index (χ2v) is 6.95. The van der Waals surface area contributed by atoms with Crippen molar-refractivity contribution in [2.24, 2.45) is 5.92 Å². The summed E-state index contributed by atoms with van der Waals surface area (Å²) in [5, 5.41) is 0. The normalized spacial score (nSPS) is 45.3. The SMILES string of the molecule is O=C1CCC2=C1C1(C3OCCO3)C=C[C@]3(CCC[C@H]3C2)O1. The van der Waals surface area contributed by atoms with Crippen molar-refractivity contribution in [1.82, 2.24) is 0 Å². The van der Waals surface area contributed by atoms with Crippen molar-refractivity contribution in [2.45, 2.75) is 56.0 Å². The molecular formula is C17H20O4. The smallest absolute Gasteiger partial charge is 0.194 e. The largest absolute Gasteiger partial charge is 0.350 e. The Morgan fingerprint density at radius 3 is 2.86 bits per heavy atom. The zero-order chi connectivity index (χ0) is 14.1. The van der Waals surface area contributed by atoms with Gasteiger partial charge in [-0.2, -0.15) is 0 Å². The lowest BCUT2D eigenvalue weighted by Gasteiger charge is -2.37. The lowest BCUT2D eigenvalue weighted by atomic mass is 9.81. The quantitative estimate of drug-likeness (QED) is 0.694. The minimum Gasteiger partial charge on any atom is -0.350 e. The molecule has 0 aromatic rings. The number of hydrogen-bond donors (Lipinski definition) is 0. The topological polar surface area (TPSA) is 44.8 Å². The zero-order valence-corrected chi connectivity index (χ0v) is 12.1. The summed E-state index contributed by atoms with van der Waals surface area (Å²) in [7, 11) is 0. The predicted molar refractivity (Wildman–Crippen MR) is 74.6 cm³/mol. The number of ketones is 1. The molecule has 5 rings (SSSR count). The lowest BCUT2D eigenvalue weighted by Crippen LogP contribution is -2.48. The Morgan fingerprint density at radius 1 is 1.14 bits per heavy atom. The molecule has 3 aliphatic heterocycles. The molecule has 0 aromatic heterocycles. The van der Waals surface area contributed by atoms with E-state index in [4.69, 9.17) is 14.2 Å². The van der Waals surface area contributed by atoms with Crippen molar-refractivity contribution in [2.75, 3.05) is 13.2 Å². The summed E-state index contributed by atoms with van der Waals surface area (Å²) in [6.07, 6.45) is 9.81. The van der Waals surface area contributed by atoms with Crippen molar-refractivity contribution in [3.63, 3.8) is 0 Å². The van der Waals surface area contributed by atoms with Crippen LogP contribution in [0.2, 0.25) is 0 Å². The highest BCUT2D eigenvalue weighted by atomic mass is 16.7. The molecule has 0 amide bonds. The fourth-order valence-electron chi connectivity index (χ4n) is 5.04. The van der Waals surface area contributed by atoms with Gasteiger partial charge in [-0.05, 0) is 44.1 Å². The van der Waals surface area contributed by atoms with E-state index in [2.05, 4.69) is 12.2 Å². The molecule has 2 aliphatic carbocycles. The molecule has 1 saturated heterocycles. The summed E-state index contributed by atoms with van der Waals surface area (Å²) < 4.78 is 18.2. The molecule has 4 nitrogen and oxygen atoms in total. The fraction of sp³-hybridized carbons (Fsp3) is 0.706. The van der Waals surface area contributed by atoms with Crippen molar-refractivity contribution in [1.29, 1.82) is 0 Å². The highest BCUT2D eigenvalue weighted by Crippen LogP contribution is 2.57. The van der Waals surface area contributed by atoms with Gasteiger partial charge in [0.1, 0.15) is 0 Å². The summed E-state index contributed by atoms with van der Waals surface area (Å²) in [6, 6.07) is 0. The summed E-state index contributed by atoms with van der Waals surface area (Å²) in [4.78, 5) is 12.5. The standard InChI is InChI=1S/C17H20O4/c18-13-4-3-11-10-12-2-1-5-16(12)6-7-17(21-16,14(11)13)15-19-8-9-20-15/h6-7,12,15H,1-5,8-10H2/t12-,16-,17?/m0/s1. The molecule has 3 atom stereocenters. The van der Waals surface area contributed by atoms with Crippen molar-refractivity contribution >= 4 is 5.78 Å². The van der Waals surface area contributed by atoms with E-state index in [0.717, 1.165) is 24.8 Å². The summed E-state index contributed by atoms with van der Waals surface area (Å²) in [5.74, 6) is 0.737. The summed E-state index contributed by atoms with van der Waals surface area (Å²) >= 11 is 0. The van der Waals surface area contributed by atoms with Gasteiger partial charge in [0, 0.05) is 12.0 Å². The second kappa shape index (κ2) is 4.06. The first-order valence-corrected chi connectivity index (χ1v) is 8.13. The Kier molecular flexibility index (Phi) is 2.43. The van der Waals surface area contributed by atoms with Crippen molar-refractivity contribution in [3.8, 4) is 0 Å². The molecule has 1 unspecified atom stereocenters. The number of carbonyl (C=O) groups excluding carboxylic acids is 1. The van der Waals surface area contributed by atoms with E-state index in [1.807, 2.05) is 0 Å². The molecule has 2 fully saturated rings. The van der Waals surface area contributed by atoms with Gasteiger partial charge in [0.25, 0.3) is 0 Å². The van der Waals surface area contributed by atoms with Crippen LogP contribution >= 0.6 is 0 Å². The monoisotopic (exact) mass is 288 g/mol. The van der Waals surface area contributed by atoms with Crippen LogP contribution in [0.25, 0.3) is 0 Å². The average Bonchev–Trinajstić information content (AvgIpc) is 3.20. The number of Topliss-reactive ketones (excluding diaryl/α,β-unsaturated/α-hetero) is 1. The molecule has 21 heavy (non-hydrogen) atoms. The molecule has 3 heterocycles. The molecule has 0 N–H and O–H groups in total. The Morgan fingerprint density at radius 2 is 2.00 bits per heavy atom. The first kappa shape index (κ1) is 12.6. The first-order valence-electron chi connectivity index (χ1n) is 8.13. The van der Waals surface area contributed by atoms with Crippen LogP contribution in [-0.2, 0) is 19.0 Å². The molecule has 1 saturated carbocycles. The Bertz CT molecular complexity index is 571. The van der Waals surface area contributed by atoms with Gasteiger partial charge in [-0.1, -0.05) is 11.6 Å². The van der Waals surface area contributed by atoms with Crippen LogP contribution in [0.4, 0.5) is 0 Å². The minimum atomic E-state index is -0.779. The van der Waals surface area contributed by atoms with Crippen LogP contribution in [-0.4, -0.2) is 36.5 Å². The maximum atomic E-state index is 12.5. The number of ether oxygens (including phenoxy) is 3. The fourth-order valence-corrected chi connectivity index (χ4v) is 5.04. The second-order valence-electron chi connectivity index (χ2n) is 6.95. The molecular weight excluding hydrogens is 268 g/mol. The van der Waals surface area contributed by atoms with Crippen LogP contribution < -0.4 is 0 Å². The maximum Gasteiger partial charge on any atom is 0.194 e. The minimum absolute atomic E-state index is 0.195. The van der Waals surface area contributed by atoms with E-state index >= 15 is 0 Å². The van der Waals surface area contributed by atoms with Gasteiger partial charge < -0.3 is 14.2 Å². The summed E-state index contributed by atoms with van der Waals surface area (Å²) in [6.45, 7) is 1.16. The number of allylic oxidation sites excluding steroid dienone is 1. The molecule has 0 radical (unpaired) electrons. The average molecular weight is 288 g/mol. The number of rotatable bonds is 1. The van der Waals surface area contributed by atoms with Gasteiger partial charge in [0.2, 0.25) is 0 Å². The van der Waals surface area contributed by atoms with Gasteiger partial charge in [0.05, 0.1) is 18.8 Å². The van der Waals surface area contributed by atoms with E-state index in [-0.39, 0.29) is 11.4 Å². The molecule has 1 spiro atoms. The molecule has 4 heteroatoms. The van der Waals surface area contributed by atoms with E-state index < -0.39 is 11.9 Å². The third kappa shape index (κ3) is 1.48. The third-order valence-electron chi connectivity index (χ3n) is 5.92.